The quantitative estimate of drug-likeness (QED) is 0.925. The second-order valence-corrected chi connectivity index (χ2v) is 6.99. The Morgan fingerprint density at radius 1 is 1.45 bits per heavy atom. The summed E-state index contributed by atoms with van der Waals surface area (Å²) in [7, 11) is 0. The van der Waals surface area contributed by atoms with E-state index in [0.29, 0.717) is 18.6 Å². The summed E-state index contributed by atoms with van der Waals surface area (Å²) in [5.74, 6) is 0.217. The number of fused-ring (bicyclic) bond motifs is 1. The molecule has 110 valence electrons. The molecule has 2 heterocycles. The summed E-state index contributed by atoms with van der Waals surface area (Å²) in [5.41, 5.74) is 1.46. The number of carbonyl (C=O) groups is 1. The molecule has 4 heteroatoms. The highest BCUT2D eigenvalue weighted by Crippen LogP contribution is 2.34. The fraction of sp³-hybridized carbons (Fsp3) is 0.688. The molecule has 1 amide bonds. The van der Waals surface area contributed by atoms with Crippen molar-refractivity contribution in [2.75, 3.05) is 13.1 Å². The lowest BCUT2D eigenvalue weighted by Crippen LogP contribution is -2.44. The molecule has 3 rings (SSSR count). The highest BCUT2D eigenvalue weighted by atomic mass is 32.1. The molecule has 0 saturated heterocycles. The van der Waals surface area contributed by atoms with Crippen LogP contribution in [0.2, 0.25) is 0 Å². The van der Waals surface area contributed by atoms with E-state index >= 15 is 0 Å². The van der Waals surface area contributed by atoms with E-state index in [-0.39, 0.29) is 5.91 Å². The van der Waals surface area contributed by atoms with Gasteiger partial charge in [-0.1, -0.05) is 19.8 Å². The largest absolute Gasteiger partial charge is 0.352 e. The third kappa shape index (κ3) is 2.91. The van der Waals surface area contributed by atoms with Gasteiger partial charge < -0.3 is 5.32 Å². The first-order chi connectivity index (χ1) is 9.78. The zero-order valence-electron chi connectivity index (χ0n) is 12.2. The first-order valence-electron chi connectivity index (χ1n) is 7.87. The molecule has 1 aromatic rings. The van der Waals surface area contributed by atoms with Crippen LogP contribution in [0, 0.1) is 0 Å². The van der Waals surface area contributed by atoms with Gasteiger partial charge in [0.2, 0.25) is 5.91 Å². The maximum absolute atomic E-state index is 12.2. The van der Waals surface area contributed by atoms with Gasteiger partial charge in [-0.15, -0.1) is 11.3 Å². The summed E-state index contributed by atoms with van der Waals surface area (Å²) in [6.45, 7) is 3.80. The van der Waals surface area contributed by atoms with Gasteiger partial charge in [-0.2, -0.15) is 0 Å². The Hall–Kier alpha value is -0.870. The predicted octanol–water partition coefficient (Wildman–Crippen LogP) is 3.12. The summed E-state index contributed by atoms with van der Waals surface area (Å²) in [4.78, 5) is 16.1. The van der Waals surface area contributed by atoms with Crippen molar-refractivity contribution in [2.24, 2.45) is 0 Å². The van der Waals surface area contributed by atoms with E-state index in [1.165, 1.54) is 23.3 Å². The molecule has 1 atom stereocenters. The topological polar surface area (TPSA) is 32.3 Å². The number of hydrogen-bond donors (Lipinski definition) is 1. The second kappa shape index (κ2) is 6.27. The summed E-state index contributed by atoms with van der Waals surface area (Å²) in [6, 6.07) is 3.11. The van der Waals surface area contributed by atoms with E-state index < -0.39 is 0 Å². The van der Waals surface area contributed by atoms with Crippen LogP contribution in [0.4, 0.5) is 0 Å². The Bertz CT molecular complexity index is 465. The lowest BCUT2D eigenvalue weighted by Gasteiger charge is -2.35. The molecule has 0 bridgehead atoms. The van der Waals surface area contributed by atoms with Crippen molar-refractivity contribution in [1.29, 1.82) is 0 Å². The van der Waals surface area contributed by atoms with Crippen LogP contribution in [0.5, 0.6) is 0 Å². The first-order valence-corrected chi connectivity index (χ1v) is 8.75. The maximum atomic E-state index is 12.2. The number of amides is 1. The predicted molar refractivity (Wildman–Crippen MR) is 83.0 cm³/mol. The van der Waals surface area contributed by atoms with Crippen LogP contribution in [-0.4, -0.2) is 29.9 Å². The van der Waals surface area contributed by atoms with Gasteiger partial charge in [0, 0.05) is 23.5 Å². The third-order valence-corrected chi connectivity index (χ3v) is 5.66. The standard InChI is InChI=1S/C16H24N2OS/c1-2-14-13-8-10-20-15(13)7-9-18(14)11-16(19)17-12-5-3-4-6-12/h8,10,12,14H,2-7,9,11H2,1H3,(H,17,19). The maximum Gasteiger partial charge on any atom is 0.234 e. The van der Waals surface area contributed by atoms with Crippen LogP contribution in [0.1, 0.15) is 55.5 Å². The van der Waals surface area contributed by atoms with Crippen molar-refractivity contribution < 1.29 is 4.79 Å². The van der Waals surface area contributed by atoms with E-state index in [4.69, 9.17) is 0 Å². The van der Waals surface area contributed by atoms with E-state index in [1.54, 1.807) is 0 Å². The molecule has 0 spiro atoms. The number of nitrogens with zero attached hydrogens (tertiary/aromatic N) is 1. The molecule has 0 radical (unpaired) electrons. The Morgan fingerprint density at radius 2 is 2.25 bits per heavy atom. The van der Waals surface area contributed by atoms with Crippen LogP contribution >= 0.6 is 11.3 Å². The average molecular weight is 292 g/mol. The van der Waals surface area contributed by atoms with Crippen molar-refractivity contribution in [3.8, 4) is 0 Å². The first kappa shape index (κ1) is 14.1. The number of rotatable bonds is 4. The molecular formula is C16H24N2OS. The van der Waals surface area contributed by atoms with Gasteiger partial charge in [0.25, 0.3) is 0 Å². The average Bonchev–Trinajstić information content (AvgIpc) is 3.09. The van der Waals surface area contributed by atoms with Crippen LogP contribution in [0.3, 0.4) is 0 Å². The Morgan fingerprint density at radius 3 is 3.00 bits per heavy atom. The number of carbonyl (C=O) groups excluding carboxylic acids is 1. The summed E-state index contributed by atoms with van der Waals surface area (Å²) in [6.07, 6.45) is 7.05. The van der Waals surface area contributed by atoms with Gasteiger partial charge in [0.05, 0.1) is 6.54 Å². The van der Waals surface area contributed by atoms with Crippen molar-refractivity contribution in [3.63, 3.8) is 0 Å². The molecule has 20 heavy (non-hydrogen) atoms. The molecule has 1 N–H and O–H groups in total. The molecule has 1 saturated carbocycles. The van der Waals surface area contributed by atoms with Gasteiger partial charge in [-0.25, -0.2) is 0 Å². The van der Waals surface area contributed by atoms with Crippen molar-refractivity contribution in [2.45, 2.75) is 57.5 Å². The van der Waals surface area contributed by atoms with E-state index in [2.05, 4.69) is 28.6 Å². The van der Waals surface area contributed by atoms with Gasteiger partial charge >= 0.3 is 0 Å². The number of nitrogens with one attached hydrogen (secondary N) is 1. The molecule has 1 fully saturated rings. The molecule has 1 unspecified atom stereocenters. The van der Waals surface area contributed by atoms with Crippen LogP contribution in [0.25, 0.3) is 0 Å². The Balaban J connectivity index is 1.60. The van der Waals surface area contributed by atoms with E-state index in [9.17, 15) is 4.79 Å². The molecule has 3 nitrogen and oxygen atoms in total. The zero-order valence-corrected chi connectivity index (χ0v) is 13.0. The van der Waals surface area contributed by atoms with Gasteiger partial charge in [-0.3, -0.25) is 9.69 Å². The highest BCUT2D eigenvalue weighted by molar-refractivity contribution is 7.10. The van der Waals surface area contributed by atoms with Crippen LogP contribution in [-0.2, 0) is 11.2 Å². The van der Waals surface area contributed by atoms with Crippen molar-refractivity contribution >= 4 is 17.2 Å². The normalized spacial score (nSPS) is 23.8. The molecular weight excluding hydrogens is 268 g/mol. The molecule has 2 aliphatic rings. The minimum atomic E-state index is 0.217. The Labute approximate surface area is 125 Å². The van der Waals surface area contributed by atoms with Gasteiger partial charge in [-0.05, 0) is 42.7 Å². The molecule has 0 aromatic carbocycles. The van der Waals surface area contributed by atoms with Gasteiger partial charge in [0.15, 0.2) is 0 Å². The number of thiophene rings is 1. The fourth-order valence-electron chi connectivity index (χ4n) is 3.64. The SMILES string of the molecule is CCC1c2ccsc2CCN1CC(=O)NC1CCCC1. The minimum absolute atomic E-state index is 0.217. The summed E-state index contributed by atoms with van der Waals surface area (Å²) in [5, 5.41) is 5.40. The van der Waals surface area contributed by atoms with Crippen molar-refractivity contribution in [3.05, 3.63) is 21.9 Å². The van der Waals surface area contributed by atoms with Crippen LogP contribution in [0.15, 0.2) is 11.4 Å². The fourth-order valence-corrected chi connectivity index (χ4v) is 4.57. The lowest BCUT2D eigenvalue weighted by atomic mass is 9.98. The van der Waals surface area contributed by atoms with E-state index in [0.717, 1.165) is 32.2 Å². The van der Waals surface area contributed by atoms with Crippen LogP contribution < -0.4 is 5.32 Å². The smallest absolute Gasteiger partial charge is 0.234 e. The minimum Gasteiger partial charge on any atom is -0.352 e. The summed E-state index contributed by atoms with van der Waals surface area (Å²) < 4.78 is 0. The number of hydrogen-bond acceptors (Lipinski definition) is 3. The zero-order chi connectivity index (χ0) is 13.9. The molecule has 1 aliphatic heterocycles. The third-order valence-electron chi connectivity index (χ3n) is 4.66. The van der Waals surface area contributed by atoms with Gasteiger partial charge in [0.1, 0.15) is 0 Å². The molecule has 1 aromatic heterocycles. The van der Waals surface area contributed by atoms with Crippen molar-refractivity contribution in [1.82, 2.24) is 10.2 Å². The summed E-state index contributed by atoms with van der Waals surface area (Å²) >= 11 is 1.86. The second-order valence-electron chi connectivity index (χ2n) is 5.99. The molecule has 1 aliphatic carbocycles. The Kier molecular flexibility index (Phi) is 4.41. The monoisotopic (exact) mass is 292 g/mol. The lowest BCUT2D eigenvalue weighted by molar-refractivity contribution is -0.123. The van der Waals surface area contributed by atoms with E-state index in [1.807, 2.05) is 11.3 Å². The highest BCUT2D eigenvalue weighted by Gasteiger charge is 2.28.